The third kappa shape index (κ3) is 2.57. The SMILES string of the molecule is CCc1nc(NC)c(C)c(-c2cc(C)ccc2F)n1. The molecule has 0 aliphatic carbocycles. The molecular formula is C15H18FN3. The van der Waals surface area contributed by atoms with E-state index in [0.717, 1.165) is 23.4 Å². The van der Waals surface area contributed by atoms with Gasteiger partial charge in [-0.25, -0.2) is 14.4 Å². The highest BCUT2D eigenvalue weighted by Crippen LogP contribution is 2.28. The molecule has 0 bridgehead atoms. The molecule has 0 unspecified atom stereocenters. The lowest BCUT2D eigenvalue weighted by Gasteiger charge is -2.12. The average molecular weight is 259 g/mol. The van der Waals surface area contributed by atoms with E-state index >= 15 is 0 Å². The Morgan fingerprint density at radius 1 is 1.21 bits per heavy atom. The fourth-order valence-electron chi connectivity index (χ4n) is 2.05. The lowest BCUT2D eigenvalue weighted by atomic mass is 10.0. The molecular weight excluding hydrogens is 241 g/mol. The number of hydrogen-bond donors (Lipinski definition) is 1. The highest BCUT2D eigenvalue weighted by molar-refractivity contribution is 5.69. The maximum absolute atomic E-state index is 14.0. The maximum atomic E-state index is 14.0. The van der Waals surface area contributed by atoms with E-state index in [-0.39, 0.29) is 5.82 Å². The molecule has 0 saturated heterocycles. The van der Waals surface area contributed by atoms with Crippen LogP contribution in [0.2, 0.25) is 0 Å². The number of aromatic nitrogens is 2. The van der Waals surface area contributed by atoms with Crippen molar-refractivity contribution < 1.29 is 4.39 Å². The number of aryl methyl sites for hydroxylation is 2. The number of hydrogen-bond acceptors (Lipinski definition) is 3. The first kappa shape index (κ1) is 13.5. The second-order valence-electron chi connectivity index (χ2n) is 4.55. The third-order valence-corrected chi connectivity index (χ3v) is 3.12. The first-order chi connectivity index (χ1) is 9.06. The van der Waals surface area contributed by atoms with Crippen LogP contribution < -0.4 is 5.32 Å². The van der Waals surface area contributed by atoms with E-state index in [2.05, 4.69) is 15.3 Å². The second-order valence-corrected chi connectivity index (χ2v) is 4.55. The maximum Gasteiger partial charge on any atom is 0.133 e. The van der Waals surface area contributed by atoms with Gasteiger partial charge in [0, 0.05) is 24.6 Å². The van der Waals surface area contributed by atoms with E-state index < -0.39 is 0 Å². The molecule has 0 fully saturated rings. The zero-order valence-corrected chi connectivity index (χ0v) is 11.7. The zero-order valence-electron chi connectivity index (χ0n) is 11.7. The molecule has 100 valence electrons. The molecule has 1 heterocycles. The molecule has 4 heteroatoms. The third-order valence-electron chi connectivity index (χ3n) is 3.12. The first-order valence-corrected chi connectivity index (χ1v) is 6.38. The van der Waals surface area contributed by atoms with Crippen LogP contribution in [0.3, 0.4) is 0 Å². The number of anilines is 1. The van der Waals surface area contributed by atoms with Gasteiger partial charge in [0.25, 0.3) is 0 Å². The minimum absolute atomic E-state index is 0.253. The fraction of sp³-hybridized carbons (Fsp3) is 0.333. The summed E-state index contributed by atoms with van der Waals surface area (Å²) in [6, 6.07) is 5.06. The zero-order chi connectivity index (χ0) is 14.0. The first-order valence-electron chi connectivity index (χ1n) is 6.38. The lowest BCUT2D eigenvalue weighted by Crippen LogP contribution is -2.05. The average Bonchev–Trinajstić information content (AvgIpc) is 2.42. The Balaban J connectivity index is 2.70. The predicted molar refractivity (Wildman–Crippen MR) is 75.8 cm³/mol. The van der Waals surface area contributed by atoms with Crippen LogP contribution in [-0.2, 0) is 6.42 Å². The van der Waals surface area contributed by atoms with E-state index in [4.69, 9.17) is 0 Å². The Morgan fingerprint density at radius 2 is 1.95 bits per heavy atom. The van der Waals surface area contributed by atoms with Gasteiger partial charge in [-0.3, -0.25) is 0 Å². The van der Waals surface area contributed by atoms with Crippen molar-refractivity contribution in [3.8, 4) is 11.3 Å². The van der Waals surface area contributed by atoms with Crippen LogP contribution in [0.5, 0.6) is 0 Å². The highest BCUT2D eigenvalue weighted by Gasteiger charge is 2.14. The summed E-state index contributed by atoms with van der Waals surface area (Å²) in [5, 5.41) is 3.04. The smallest absolute Gasteiger partial charge is 0.133 e. The van der Waals surface area contributed by atoms with Crippen molar-refractivity contribution in [2.75, 3.05) is 12.4 Å². The van der Waals surface area contributed by atoms with Crippen molar-refractivity contribution in [2.45, 2.75) is 27.2 Å². The van der Waals surface area contributed by atoms with E-state index in [1.54, 1.807) is 6.07 Å². The molecule has 19 heavy (non-hydrogen) atoms. The van der Waals surface area contributed by atoms with Gasteiger partial charge in [-0.1, -0.05) is 18.6 Å². The molecule has 2 aromatic rings. The summed E-state index contributed by atoms with van der Waals surface area (Å²) in [5.41, 5.74) is 3.08. The van der Waals surface area contributed by atoms with Crippen molar-refractivity contribution in [2.24, 2.45) is 0 Å². The summed E-state index contributed by atoms with van der Waals surface area (Å²) < 4.78 is 14.0. The van der Waals surface area contributed by atoms with Crippen LogP contribution in [0.1, 0.15) is 23.9 Å². The molecule has 1 aromatic carbocycles. The van der Waals surface area contributed by atoms with Crippen LogP contribution in [0, 0.1) is 19.7 Å². The Labute approximate surface area is 112 Å². The summed E-state index contributed by atoms with van der Waals surface area (Å²) >= 11 is 0. The van der Waals surface area contributed by atoms with Crippen molar-refractivity contribution in [3.63, 3.8) is 0 Å². The molecule has 2 rings (SSSR count). The lowest BCUT2D eigenvalue weighted by molar-refractivity contribution is 0.630. The van der Waals surface area contributed by atoms with Gasteiger partial charge in [0.2, 0.25) is 0 Å². The Morgan fingerprint density at radius 3 is 2.58 bits per heavy atom. The summed E-state index contributed by atoms with van der Waals surface area (Å²) in [6.07, 6.45) is 0.718. The number of halogens is 1. The molecule has 0 spiro atoms. The molecule has 0 aliphatic rings. The van der Waals surface area contributed by atoms with E-state index in [9.17, 15) is 4.39 Å². The molecule has 1 N–H and O–H groups in total. The summed E-state index contributed by atoms with van der Waals surface area (Å²) in [7, 11) is 1.81. The quantitative estimate of drug-likeness (QED) is 0.916. The van der Waals surface area contributed by atoms with Crippen molar-refractivity contribution >= 4 is 5.82 Å². The van der Waals surface area contributed by atoms with Crippen LogP contribution >= 0.6 is 0 Å². The van der Waals surface area contributed by atoms with Gasteiger partial charge in [0.05, 0.1) is 5.69 Å². The summed E-state index contributed by atoms with van der Waals surface area (Å²) in [6.45, 7) is 5.84. The van der Waals surface area contributed by atoms with Crippen LogP contribution in [0.15, 0.2) is 18.2 Å². The standard InChI is InChI=1S/C15H18FN3/c1-5-13-18-14(10(3)15(17-4)19-13)11-8-9(2)6-7-12(11)16/h6-8H,5H2,1-4H3,(H,17,18,19). The van der Waals surface area contributed by atoms with Crippen LogP contribution in [0.25, 0.3) is 11.3 Å². The topological polar surface area (TPSA) is 37.8 Å². The van der Waals surface area contributed by atoms with E-state index in [0.29, 0.717) is 17.1 Å². The molecule has 0 amide bonds. The van der Waals surface area contributed by atoms with Crippen LogP contribution in [-0.4, -0.2) is 17.0 Å². The molecule has 1 aromatic heterocycles. The van der Waals surface area contributed by atoms with Crippen molar-refractivity contribution in [1.29, 1.82) is 0 Å². The number of benzene rings is 1. The molecule has 3 nitrogen and oxygen atoms in total. The highest BCUT2D eigenvalue weighted by atomic mass is 19.1. The number of rotatable bonds is 3. The van der Waals surface area contributed by atoms with Gasteiger partial charge >= 0.3 is 0 Å². The van der Waals surface area contributed by atoms with Gasteiger partial charge in [0.15, 0.2) is 0 Å². The van der Waals surface area contributed by atoms with Crippen LogP contribution in [0.4, 0.5) is 10.2 Å². The van der Waals surface area contributed by atoms with E-state index in [1.807, 2.05) is 33.9 Å². The molecule has 0 aliphatic heterocycles. The summed E-state index contributed by atoms with van der Waals surface area (Å²) in [4.78, 5) is 8.88. The van der Waals surface area contributed by atoms with Crippen molar-refractivity contribution in [3.05, 3.63) is 41.0 Å². The molecule has 0 radical (unpaired) electrons. The molecule has 0 atom stereocenters. The minimum Gasteiger partial charge on any atom is -0.373 e. The summed E-state index contributed by atoms with van der Waals surface area (Å²) in [5.74, 6) is 1.21. The van der Waals surface area contributed by atoms with Crippen molar-refractivity contribution in [1.82, 2.24) is 9.97 Å². The fourth-order valence-corrected chi connectivity index (χ4v) is 2.05. The Bertz CT molecular complexity index is 609. The van der Waals surface area contributed by atoms with Gasteiger partial charge in [0.1, 0.15) is 17.5 Å². The normalized spacial score (nSPS) is 10.6. The van der Waals surface area contributed by atoms with Gasteiger partial charge < -0.3 is 5.32 Å². The second kappa shape index (κ2) is 5.34. The van der Waals surface area contributed by atoms with E-state index in [1.165, 1.54) is 6.07 Å². The van der Waals surface area contributed by atoms with Gasteiger partial charge in [-0.05, 0) is 26.0 Å². The van der Waals surface area contributed by atoms with Gasteiger partial charge in [-0.15, -0.1) is 0 Å². The minimum atomic E-state index is -0.253. The monoisotopic (exact) mass is 259 g/mol. The number of nitrogens with zero attached hydrogens (tertiary/aromatic N) is 2. The largest absolute Gasteiger partial charge is 0.373 e. The Kier molecular flexibility index (Phi) is 3.79. The Hall–Kier alpha value is -1.97. The predicted octanol–water partition coefficient (Wildman–Crippen LogP) is 3.50. The molecule has 0 saturated carbocycles. The van der Waals surface area contributed by atoms with Gasteiger partial charge in [-0.2, -0.15) is 0 Å². The number of nitrogens with one attached hydrogen (secondary N) is 1.